The van der Waals surface area contributed by atoms with E-state index in [2.05, 4.69) is 17.2 Å². The molecule has 5 N–H and O–H groups in total. The van der Waals surface area contributed by atoms with Gasteiger partial charge in [-0.15, -0.1) is 0 Å². The number of rotatable bonds is 4. The second-order valence-corrected chi connectivity index (χ2v) is 5.96. The first kappa shape index (κ1) is 16.5. The van der Waals surface area contributed by atoms with Crippen LogP contribution in [0.25, 0.3) is 0 Å². The quantitative estimate of drug-likeness (QED) is 0.660. The number of sulfonamides is 1. The maximum absolute atomic E-state index is 11.7. The number of nitrogens with two attached hydrogens (primary N) is 2. The van der Waals surface area contributed by atoms with Gasteiger partial charge in [-0.1, -0.05) is 23.4 Å². The molecule has 0 atom stereocenters. The molecule has 6 nitrogen and oxygen atoms in total. The topological polar surface area (TPSA) is 115 Å². The molecular weight excluding hydrogens is 302 g/mol. The van der Waals surface area contributed by atoms with Crippen LogP contribution in [-0.2, 0) is 10.0 Å². The molecular formula is C12H14ClN3O3S. The van der Waals surface area contributed by atoms with Gasteiger partial charge in [-0.25, -0.2) is 13.6 Å². The molecule has 0 aliphatic rings. The van der Waals surface area contributed by atoms with Gasteiger partial charge in [-0.3, -0.25) is 4.79 Å². The predicted octanol–water partition coefficient (Wildman–Crippen LogP) is -0.331. The van der Waals surface area contributed by atoms with E-state index in [1.807, 2.05) is 0 Å². The number of carbonyl (C=O) groups is 1. The van der Waals surface area contributed by atoms with Gasteiger partial charge in [0.15, 0.2) is 0 Å². The van der Waals surface area contributed by atoms with Gasteiger partial charge in [-0.2, -0.15) is 0 Å². The highest BCUT2D eigenvalue weighted by atomic mass is 35.5. The summed E-state index contributed by atoms with van der Waals surface area (Å²) >= 11 is 5.98. The molecule has 0 aliphatic carbocycles. The molecule has 0 aromatic heterocycles. The normalized spacial score (nSPS) is 10.6. The largest absolute Gasteiger partial charge is 0.351 e. The van der Waals surface area contributed by atoms with E-state index in [1.54, 1.807) is 12.1 Å². The Morgan fingerprint density at radius 1 is 1.40 bits per heavy atom. The third kappa shape index (κ3) is 5.59. The molecule has 0 radical (unpaired) electrons. The summed E-state index contributed by atoms with van der Waals surface area (Å²) in [6, 6.07) is 4.59. The fourth-order valence-corrected chi connectivity index (χ4v) is 1.93. The van der Waals surface area contributed by atoms with E-state index in [4.69, 9.17) is 22.5 Å². The van der Waals surface area contributed by atoms with Gasteiger partial charge < -0.3 is 11.1 Å². The Labute approximate surface area is 122 Å². The van der Waals surface area contributed by atoms with Crippen LogP contribution in [0.5, 0.6) is 0 Å². The van der Waals surface area contributed by atoms with Crippen LogP contribution in [-0.4, -0.2) is 33.2 Å². The average molecular weight is 316 g/mol. The minimum atomic E-state index is -3.60. The molecule has 8 heteroatoms. The number of hydrogen-bond acceptors (Lipinski definition) is 4. The van der Waals surface area contributed by atoms with Crippen LogP contribution >= 0.6 is 11.6 Å². The van der Waals surface area contributed by atoms with E-state index in [0.29, 0.717) is 16.1 Å². The fraction of sp³-hybridized carbons (Fsp3) is 0.250. The molecule has 1 amide bonds. The lowest BCUT2D eigenvalue weighted by molar-refractivity contribution is 0.0956. The van der Waals surface area contributed by atoms with Crippen molar-refractivity contribution in [1.29, 1.82) is 0 Å². The fourth-order valence-electron chi connectivity index (χ4n) is 1.31. The molecule has 0 saturated heterocycles. The standard InChI is InChI=1S/C12H14ClN3O3S/c13-11-8-10(4-3-9(11)2-1-5-14)12(17)16-6-7-20(15,18)19/h3-4,8H,5-7,14H2,(H,16,17)(H2,15,18,19). The molecule has 0 spiro atoms. The van der Waals surface area contributed by atoms with E-state index in [9.17, 15) is 13.2 Å². The summed E-state index contributed by atoms with van der Waals surface area (Å²) in [5.74, 6) is 4.66. The Morgan fingerprint density at radius 2 is 2.10 bits per heavy atom. The van der Waals surface area contributed by atoms with E-state index >= 15 is 0 Å². The van der Waals surface area contributed by atoms with Crippen molar-refractivity contribution >= 4 is 27.5 Å². The smallest absolute Gasteiger partial charge is 0.251 e. The van der Waals surface area contributed by atoms with Gasteiger partial charge in [-0.05, 0) is 18.2 Å². The number of amides is 1. The van der Waals surface area contributed by atoms with Crippen LogP contribution in [0.2, 0.25) is 5.02 Å². The summed E-state index contributed by atoms with van der Waals surface area (Å²) in [6.45, 7) is 0.149. The van der Waals surface area contributed by atoms with Crippen molar-refractivity contribution in [1.82, 2.24) is 5.32 Å². The van der Waals surface area contributed by atoms with Gasteiger partial charge in [0.05, 0.1) is 17.3 Å². The molecule has 1 aromatic carbocycles. The maximum Gasteiger partial charge on any atom is 0.251 e. The molecule has 0 heterocycles. The minimum absolute atomic E-state index is 0.0655. The summed E-state index contributed by atoms with van der Waals surface area (Å²) < 4.78 is 21.5. The average Bonchev–Trinajstić information content (AvgIpc) is 2.35. The van der Waals surface area contributed by atoms with Crippen LogP contribution in [0.4, 0.5) is 0 Å². The monoisotopic (exact) mass is 315 g/mol. The molecule has 1 rings (SSSR count). The Morgan fingerprint density at radius 3 is 2.65 bits per heavy atom. The van der Waals surface area contributed by atoms with Gasteiger partial charge in [0, 0.05) is 17.7 Å². The van der Waals surface area contributed by atoms with Crippen molar-refractivity contribution in [3.05, 3.63) is 34.3 Å². The van der Waals surface area contributed by atoms with Gasteiger partial charge >= 0.3 is 0 Å². The molecule has 20 heavy (non-hydrogen) atoms. The second-order valence-electron chi connectivity index (χ2n) is 3.82. The van der Waals surface area contributed by atoms with Gasteiger partial charge in [0.25, 0.3) is 5.91 Å². The van der Waals surface area contributed by atoms with Crippen molar-refractivity contribution in [2.24, 2.45) is 10.9 Å². The van der Waals surface area contributed by atoms with Gasteiger partial charge in [0.2, 0.25) is 10.0 Å². The lowest BCUT2D eigenvalue weighted by Gasteiger charge is -2.05. The minimum Gasteiger partial charge on any atom is -0.351 e. The molecule has 0 saturated carbocycles. The van der Waals surface area contributed by atoms with Crippen LogP contribution in [0.15, 0.2) is 18.2 Å². The lowest BCUT2D eigenvalue weighted by atomic mass is 10.1. The van der Waals surface area contributed by atoms with E-state index in [0.717, 1.165) is 0 Å². The first-order valence-electron chi connectivity index (χ1n) is 5.60. The molecule has 0 fully saturated rings. The molecule has 1 aromatic rings. The Hall–Kier alpha value is -1.59. The first-order chi connectivity index (χ1) is 9.33. The molecule has 0 aliphatic heterocycles. The summed E-state index contributed by atoms with van der Waals surface area (Å²) in [7, 11) is -3.60. The van der Waals surface area contributed by atoms with E-state index in [1.165, 1.54) is 6.07 Å². The van der Waals surface area contributed by atoms with Crippen LogP contribution in [0.3, 0.4) is 0 Å². The summed E-state index contributed by atoms with van der Waals surface area (Å²) in [6.07, 6.45) is 0. The van der Waals surface area contributed by atoms with Crippen molar-refractivity contribution in [3.63, 3.8) is 0 Å². The summed E-state index contributed by atoms with van der Waals surface area (Å²) in [5.41, 5.74) is 6.13. The zero-order valence-electron chi connectivity index (χ0n) is 10.5. The predicted molar refractivity (Wildman–Crippen MR) is 77.7 cm³/mol. The summed E-state index contributed by atoms with van der Waals surface area (Å²) in [5, 5.41) is 7.58. The Balaban J connectivity index is 2.73. The zero-order chi connectivity index (χ0) is 15.2. The lowest BCUT2D eigenvalue weighted by Crippen LogP contribution is -2.31. The summed E-state index contributed by atoms with van der Waals surface area (Å²) in [4.78, 5) is 11.7. The molecule has 0 unspecified atom stereocenters. The van der Waals surface area contributed by atoms with E-state index < -0.39 is 15.9 Å². The van der Waals surface area contributed by atoms with E-state index in [-0.39, 0.29) is 18.8 Å². The third-order valence-electron chi connectivity index (χ3n) is 2.23. The van der Waals surface area contributed by atoms with Crippen LogP contribution in [0.1, 0.15) is 15.9 Å². The number of halogens is 1. The highest BCUT2D eigenvalue weighted by Crippen LogP contribution is 2.16. The second kappa shape index (κ2) is 7.26. The SMILES string of the molecule is NCC#Cc1ccc(C(=O)NCCS(N)(=O)=O)cc1Cl. The Bertz CT molecular complexity index is 662. The number of nitrogens with one attached hydrogen (secondary N) is 1. The van der Waals surface area contributed by atoms with Gasteiger partial charge in [0.1, 0.15) is 0 Å². The van der Waals surface area contributed by atoms with Crippen molar-refractivity contribution in [2.45, 2.75) is 0 Å². The van der Waals surface area contributed by atoms with Crippen LogP contribution in [0, 0.1) is 11.8 Å². The third-order valence-corrected chi connectivity index (χ3v) is 3.31. The first-order valence-corrected chi connectivity index (χ1v) is 7.70. The van der Waals surface area contributed by atoms with Crippen molar-refractivity contribution in [2.75, 3.05) is 18.8 Å². The highest BCUT2D eigenvalue weighted by Gasteiger charge is 2.09. The molecule has 108 valence electrons. The zero-order valence-corrected chi connectivity index (χ0v) is 12.1. The number of benzene rings is 1. The van der Waals surface area contributed by atoms with Crippen LogP contribution < -0.4 is 16.2 Å². The van der Waals surface area contributed by atoms with Crippen molar-refractivity contribution in [3.8, 4) is 11.8 Å². The number of primary sulfonamides is 1. The molecule has 0 bridgehead atoms. The highest BCUT2D eigenvalue weighted by molar-refractivity contribution is 7.89. The number of carbonyl (C=O) groups excluding carboxylic acids is 1. The van der Waals surface area contributed by atoms with Crippen molar-refractivity contribution < 1.29 is 13.2 Å². The Kier molecular flexibility index (Phi) is 5.98. The maximum atomic E-state index is 11.7. The number of hydrogen-bond donors (Lipinski definition) is 3.